The van der Waals surface area contributed by atoms with Gasteiger partial charge in [-0.1, -0.05) is 51.8 Å². The summed E-state index contributed by atoms with van der Waals surface area (Å²) in [5, 5.41) is 5.66. The lowest BCUT2D eigenvalue weighted by Crippen LogP contribution is -2.36. The van der Waals surface area contributed by atoms with E-state index < -0.39 is 0 Å². The zero-order chi connectivity index (χ0) is 20.9. The fourth-order valence-electron chi connectivity index (χ4n) is 5.01. The summed E-state index contributed by atoms with van der Waals surface area (Å²) in [5.41, 5.74) is 5.41. The Labute approximate surface area is 194 Å². The Morgan fingerprint density at radius 2 is 1.87 bits per heavy atom. The number of halogens is 2. The van der Waals surface area contributed by atoms with Crippen molar-refractivity contribution in [1.29, 1.82) is 0 Å². The van der Waals surface area contributed by atoms with Crippen LogP contribution in [-0.2, 0) is 4.74 Å². The lowest BCUT2D eigenvalue weighted by Gasteiger charge is -2.43. The van der Waals surface area contributed by atoms with Gasteiger partial charge in [0.1, 0.15) is 11.3 Å². The zero-order valence-corrected chi connectivity index (χ0v) is 19.1. The van der Waals surface area contributed by atoms with Gasteiger partial charge in [-0.2, -0.15) is 0 Å². The van der Waals surface area contributed by atoms with Gasteiger partial charge in [-0.3, -0.25) is 0 Å². The summed E-state index contributed by atoms with van der Waals surface area (Å²) in [6, 6.07) is 23.0. The van der Waals surface area contributed by atoms with Crippen LogP contribution in [0.15, 0.2) is 75.6 Å². The van der Waals surface area contributed by atoms with Gasteiger partial charge in [0.05, 0.1) is 12.1 Å². The number of benzene rings is 3. The molecule has 0 radical (unpaired) electrons. The highest BCUT2D eigenvalue weighted by atomic mass is 79.9. The fraction of sp³-hybridized carbons (Fsp3) is 0.231. The van der Waals surface area contributed by atoms with E-state index >= 15 is 0 Å². The van der Waals surface area contributed by atoms with E-state index in [1.165, 1.54) is 5.56 Å². The predicted octanol–water partition coefficient (Wildman–Crippen LogP) is 8.15. The van der Waals surface area contributed by atoms with Crippen LogP contribution in [0.5, 0.6) is 0 Å². The van der Waals surface area contributed by atoms with Gasteiger partial charge in [0.2, 0.25) is 0 Å². The molecule has 156 valence electrons. The second-order valence-electron chi connectivity index (χ2n) is 8.34. The van der Waals surface area contributed by atoms with Gasteiger partial charge in [0.25, 0.3) is 0 Å². The molecule has 1 unspecified atom stereocenters. The monoisotopic (exact) mass is 493 g/mol. The minimum atomic E-state index is 0.0408. The molecule has 3 nitrogen and oxygen atoms in total. The summed E-state index contributed by atoms with van der Waals surface area (Å²) in [5.74, 6) is 1.21. The van der Waals surface area contributed by atoms with Crippen molar-refractivity contribution in [2.45, 2.75) is 25.0 Å². The standard InChI is InChI=1S/C26H21BrClNO2/c27-17-8-9-18(21(28)14-17)25-19-5-3-11-30-26(19)20-12-16(7-10-22(20)29-25)24-13-15-4-1-2-6-23(15)31-24/h1-2,4,6-10,12-14,19,25-26,29H,3,5,11H2/t19-,25-,26?/m0/s1. The summed E-state index contributed by atoms with van der Waals surface area (Å²) in [6.45, 7) is 0.788. The molecule has 3 aromatic carbocycles. The summed E-state index contributed by atoms with van der Waals surface area (Å²) < 4.78 is 13.5. The van der Waals surface area contributed by atoms with Gasteiger partial charge in [-0.25, -0.2) is 0 Å². The third kappa shape index (κ3) is 3.38. The van der Waals surface area contributed by atoms with Crippen LogP contribution in [0.3, 0.4) is 0 Å². The number of rotatable bonds is 2. The first-order chi connectivity index (χ1) is 15.2. The van der Waals surface area contributed by atoms with Crippen molar-refractivity contribution in [3.05, 3.63) is 87.4 Å². The van der Waals surface area contributed by atoms with E-state index in [1.54, 1.807) is 0 Å². The average Bonchev–Trinajstić information content (AvgIpc) is 3.23. The Hall–Kier alpha value is -2.27. The van der Waals surface area contributed by atoms with Gasteiger partial charge in [0.15, 0.2) is 0 Å². The van der Waals surface area contributed by atoms with E-state index in [-0.39, 0.29) is 12.1 Å². The van der Waals surface area contributed by atoms with Crippen LogP contribution in [0.4, 0.5) is 5.69 Å². The smallest absolute Gasteiger partial charge is 0.135 e. The normalized spacial score (nSPS) is 22.6. The number of anilines is 1. The highest BCUT2D eigenvalue weighted by Crippen LogP contribution is 2.51. The van der Waals surface area contributed by atoms with Crippen molar-refractivity contribution in [3.8, 4) is 11.3 Å². The SMILES string of the molecule is Clc1cc(Br)ccc1[C@@H]1Nc2ccc(-c3cc4ccccc4o3)cc2C2OCCC[C@H]21. The number of hydrogen-bond donors (Lipinski definition) is 1. The molecule has 5 heteroatoms. The van der Waals surface area contributed by atoms with Crippen molar-refractivity contribution in [3.63, 3.8) is 0 Å². The molecule has 0 aliphatic carbocycles. The number of ether oxygens (including phenoxy) is 1. The Bertz CT molecular complexity index is 1250. The van der Waals surface area contributed by atoms with E-state index in [0.29, 0.717) is 5.92 Å². The number of hydrogen-bond acceptors (Lipinski definition) is 3. The van der Waals surface area contributed by atoms with E-state index in [1.807, 2.05) is 24.3 Å². The van der Waals surface area contributed by atoms with E-state index in [2.05, 4.69) is 63.7 Å². The first-order valence-corrected chi connectivity index (χ1v) is 11.8. The molecule has 0 saturated carbocycles. The third-order valence-corrected chi connectivity index (χ3v) is 7.29. The van der Waals surface area contributed by atoms with Crippen LogP contribution < -0.4 is 5.32 Å². The lowest BCUT2D eigenvalue weighted by molar-refractivity contribution is -0.0381. The minimum absolute atomic E-state index is 0.0408. The summed E-state index contributed by atoms with van der Waals surface area (Å²) >= 11 is 10.2. The van der Waals surface area contributed by atoms with Crippen molar-refractivity contribution in [1.82, 2.24) is 0 Å². The van der Waals surface area contributed by atoms with Gasteiger partial charge in [-0.05, 0) is 60.9 Å². The molecule has 1 N–H and O–H groups in total. The largest absolute Gasteiger partial charge is 0.456 e. The Balaban J connectivity index is 1.43. The van der Waals surface area contributed by atoms with Crippen LogP contribution >= 0.6 is 27.5 Å². The second kappa shape index (κ2) is 7.70. The highest BCUT2D eigenvalue weighted by molar-refractivity contribution is 9.10. The molecule has 1 fully saturated rings. The maximum atomic E-state index is 6.64. The molecule has 2 aliphatic heterocycles. The number of furan rings is 1. The number of fused-ring (bicyclic) bond motifs is 4. The molecule has 0 bridgehead atoms. The molecule has 3 heterocycles. The zero-order valence-electron chi connectivity index (χ0n) is 16.8. The number of nitrogens with one attached hydrogen (secondary N) is 1. The topological polar surface area (TPSA) is 34.4 Å². The number of para-hydroxylation sites is 1. The molecule has 4 aromatic rings. The Morgan fingerprint density at radius 1 is 0.968 bits per heavy atom. The van der Waals surface area contributed by atoms with Gasteiger partial charge < -0.3 is 14.5 Å². The van der Waals surface area contributed by atoms with Crippen LogP contribution in [0.1, 0.15) is 36.1 Å². The molecule has 0 spiro atoms. The van der Waals surface area contributed by atoms with Crippen LogP contribution in [-0.4, -0.2) is 6.61 Å². The van der Waals surface area contributed by atoms with Crippen molar-refractivity contribution < 1.29 is 9.15 Å². The lowest BCUT2D eigenvalue weighted by atomic mass is 9.77. The van der Waals surface area contributed by atoms with Crippen molar-refractivity contribution in [2.24, 2.45) is 5.92 Å². The summed E-state index contributed by atoms with van der Waals surface area (Å²) in [6.07, 6.45) is 2.20. The predicted molar refractivity (Wildman–Crippen MR) is 129 cm³/mol. The van der Waals surface area contributed by atoms with Gasteiger partial charge >= 0.3 is 0 Å². The third-order valence-electron chi connectivity index (χ3n) is 6.47. The molecule has 6 rings (SSSR count). The molecule has 1 aromatic heterocycles. The van der Waals surface area contributed by atoms with Gasteiger partial charge in [-0.15, -0.1) is 0 Å². The van der Waals surface area contributed by atoms with Crippen molar-refractivity contribution in [2.75, 3.05) is 11.9 Å². The summed E-state index contributed by atoms with van der Waals surface area (Å²) in [4.78, 5) is 0. The average molecular weight is 495 g/mol. The van der Waals surface area contributed by atoms with Crippen molar-refractivity contribution >= 4 is 44.2 Å². The second-order valence-corrected chi connectivity index (χ2v) is 9.66. The minimum Gasteiger partial charge on any atom is -0.456 e. The maximum absolute atomic E-state index is 6.64. The molecular formula is C26H21BrClNO2. The quantitative estimate of drug-likeness (QED) is 0.305. The Morgan fingerprint density at radius 3 is 2.74 bits per heavy atom. The first kappa shape index (κ1) is 19.4. The van der Waals surface area contributed by atoms with E-state index in [9.17, 15) is 0 Å². The van der Waals surface area contributed by atoms with Crippen LogP contribution in [0, 0.1) is 5.92 Å². The first-order valence-electron chi connectivity index (χ1n) is 10.6. The fourth-order valence-corrected chi connectivity index (χ4v) is 5.80. The Kier molecular flexibility index (Phi) is 4.82. The highest BCUT2D eigenvalue weighted by Gasteiger charge is 2.40. The molecule has 3 atom stereocenters. The van der Waals surface area contributed by atoms with E-state index in [0.717, 1.165) is 62.5 Å². The van der Waals surface area contributed by atoms with Crippen LogP contribution in [0.2, 0.25) is 5.02 Å². The molecule has 0 amide bonds. The molecule has 31 heavy (non-hydrogen) atoms. The van der Waals surface area contributed by atoms with Crippen LogP contribution in [0.25, 0.3) is 22.3 Å². The molecular weight excluding hydrogens is 474 g/mol. The maximum Gasteiger partial charge on any atom is 0.135 e. The molecule has 2 aliphatic rings. The summed E-state index contributed by atoms with van der Waals surface area (Å²) in [7, 11) is 0. The van der Waals surface area contributed by atoms with E-state index in [4.69, 9.17) is 20.8 Å². The molecule has 1 saturated heterocycles. The van der Waals surface area contributed by atoms with Gasteiger partial charge in [0, 0.05) is 44.2 Å².